The fourth-order valence-corrected chi connectivity index (χ4v) is 14.3. The van der Waals surface area contributed by atoms with Gasteiger partial charge in [-0.15, -0.1) is 0 Å². The van der Waals surface area contributed by atoms with Crippen molar-refractivity contribution in [3.8, 4) is 12.1 Å². The Morgan fingerprint density at radius 3 is 2.07 bits per heavy atom. The lowest BCUT2D eigenvalue weighted by Gasteiger charge is -2.49. The molecule has 3 aliphatic rings. The Bertz CT molecular complexity index is 3700. The Morgan fingerprint density at radius 1 is 0.853 bits per heavy atom. The number of benzene rings is 4. The van der Waals surface area contributed by atoms with Crippen LogP contribution in [0.5, 0.6) is 0 Å². The van der Waals surface area contributed by atoms with E-state index in [1.54, 1.807) is 109 Å². The predicted molar refractivity (Wildman–Crippen MR) is 375 cm³/mol. The van der Waals surface area contributed by atoms with Crippen molar-refractivity contribution >= 4 is 45.6 Å². The number of hydrogen-bond acceptors (Lipinski definition) is 25. The number of imidazole rings is 1. The van der Waals surface area contributed by atoms with Crippen molar-refractivity contribution < 1.29 is 86.8 Å². The fraction of sp³-hybridized carbons (Fsp3) is 0.562. The Morgan fingerprint density at radius 2 is 1.50 bits per heavy atom. The average Bonchev–Trinajstić information content (AvgIpc) is 1.12. The highest BCUT2D eigenvalue weighted by Gasteiger charge is 2.54. The zero-order chi connectivity index (χ0) is 74.8. The first kappa shape index (κ1) is 81.6. The molecule has 7 N–H and O–H groups in total. The molecule has 19 atom stereocenters. The number of oxime groups is 1. The third kappa shape index (κ3) is 20.6. The summed E-state index contributed by atoms with van der Waals surface area (Å²) in [6, 6.07) is 33.0. The Balaban J connectivity index is 0.000000265. The number of likely N-dealkylation sites (N-methyl/N-ethyl adjacent to an activating group) is 1. The number of aromatic amines is 1. The molecule has 2 aromatic heterocycles. The van der Waals surface area contributed by atoms with E-state index >= 15 is 0 Å². The van der Waals surface area contributed by atoms with Gasteiger partial charge in [0.1, 0.15) is 42.6 Å². The second-order valence-corrected chi connectivity index (χ2v) is 28.4. The van der Waals surface area contributed by atoms with Gasteiger partial charge in [0.2, 0.25) is 12.7 Å². The number of ether oxygens (including phenoxy) is 9. The number of methoxy groups -OCH3 is 3. The van der Waals surface area contributed by atoms with Crippen molar-refractivity contribution in [3.63, 3.8) is 0 Å². The molecule has 0 radical (unpaired) electrons. The van der Waals surface area contributed by atoms with Crippen molar-refractivity contribution in [3.05, 3.63) is 132 Å². The van der Waals surface area contributed by atoms with Gasteiger partial charge in [0.25, 0.3) is 0 Å². The minimum absolute atomic E-state index is 0.0307. The van der Waals surface area contributed by atoms with E-state index in [9.17, 15) is 39.3 Å². The molecule has 6 aromatic rings. The summed E-state index contributed by atoms with van der Waals surface area (Å²) in [6.45, 7) is 17.3. The number of esters is 1. The molecule has 3 fully saturated rings. The number of amides is 1. The first-order valence-corrected chi connectivity index (χ1v) is 35.1. The van der Waals surface area contributed by atoms with E-state index in [0.717, 1.165) is 16.0 Å². The van der Waals surface area contributed by atoms with E-state index in [-0.39, 0.29) is 56.8 Å². The normalized spacial score (nSPS) is 30.8. The third-order valence-electron chi connectivity index (χ3n) is 19.0. The molecule has 29 heteroatoms. The summed E-state index contributed by atoms with van der Waals surface area (Å²) in [6.07, 6.45) is -6.96. The number of aromatic nitrogens is 5. The second-order valence-electron chi connectivity index (χ2n) is 26.9. The van der Waals surface area contributed by atoms with Crippen LogP contribution < -0.4 is 5.32 Å². The van der Waals surface area contributed by atoms with Gasteiger partial charge in [-0.3, -0.25) is 10.1 Å². The van der Waals surface area contributed by atoms with Gasteiger partial charge >= 0.3 is 12.1 Å². The number of nitriles is 2. The van der Waals surface area contributed by atoms with Gasteiger partial charge in [-0.05, 0) is 141 Å². The highest BCUT2D eigenvalue weighted by atomic mass is 32.2. The van der Waals surface area contributed by atoms with Gasteiger partial charge in [-0.25, -0.2) is 23.7 Å². The number of rotatable bonds is 19. The Kier molecular flexibility index (Phi) is 29.7. The zero-order valence-electron chi connectivity index (χ0n) is 60.6. The molecule has 0 saturated carbocycles. The van der Waals surface area contributed by atoms with Crippen molar-refractivity contribution in [2.24, 2.45) is 28.8 Å². The van der Waals surface area contributed by atoms with Gasteiger partial charge in [0, 0.05) is 54.2 Å². The number of H-pyrrole nitrogens is 1. The first-order chi connectivity index (χ1) is 48.4. The summed E-state index contributed by atoms with van der Waals surface area (Å²) in [5.41, 5.74) is 0.0748. The van der Waals surface area contributed by atoms with Crippen molar-refractivity contribution in [1.82, 2.24) is 29.6 Å². The topological polar surface area (TPSA) is 379 Å². The molecule has 0 aliphatic carbocycles. The number of hydrogen-bond donors (Lipinski definition) is 7. The van der Waals surface area contributed by atoms with E-state index in [4.69, 9.17) is 53.3 Å². The van der Waals surface area contributed by atoms with Gasteiger partial charge in [0.15, 0.2) is 12.6 Å². The number of carbonyl (C=O) groups is 2. The molecule has 28 nitrogen and oxygen atoms in total. The van der Waals surface area contributed by atoms with Crippen molar-refractivity contribution in [1.29, 1.82) is 10.5 Å². The van der Waals surface area contributed by atoms with Crippen LogP contribution in [0.4, 0.5) is 10.7 Å². The monoisotopic (exact) mass is 1440 g/mol. The molecule has 102 heavy (non-hydrogen) atoms. The number of cyclic esters (lactones) is 1. The fourth-order valence-electron chi connectivity index (χ4n) is 13.3. The van der Waals surface area contributed by atoms with E-state index in [2.05, 4.69) is 47.4 Å². The van der Waals surface area contributed by atoms with Crippen LogP contribution in [-0.2, 0) is 63.1 Å². The maximum absolute atomic E-state index is 14.3. The van der Waals surface area contributed by atoms with Crippen LogP contribution in [0.1, 0.15) is 123 Å². The van der Waals surface area contributed by atoms with Crippen molar-refractivity contribution in [2.45, 2.75) is 195 Å². The molecule has 3 saturated heterocycles. The molecule has 1 amide bonds. The summed E-state index contributed by atoms with van der Waals surface area (Å²) < 4.78 is 66.9. The molecule has 4 aromatic carbocycles. The van der Waals surface area contributed by atoms with Crippen LogP contribution in [0, 0.1) is 46.3 Å². The molecule has 9 rings (SSSR count). The summed E-state index contributed by atoms with van der Waals surface area (Å²) in [5, 5.41) is 88.1. The smallest absolute Gasteiger partial charge is 0.413 e. The lowest BCUT2D eigenvalue weighted by atomic mass is 9.73. The summed E-state index contributed by atoms with van der Waals surface area (Å²) >= 11 is 0. The SMILES string of the molecule is CC[C@H]1OC(=O)[C@H](C)[C@@H](O[C@H]2C[C@@](C)(OC)[C@@H](O)[C@H](C)O2)[C@H](C)[C@@H](O[C@@H]2O[C@H](C)C[C@H](N(C)C)[C@H]2O)[C@](C)(O)C[C@@H](C)/C(=N\OCOCCOC)[C@H](C)[C@@H](O)[C@]1(C)O.COC(=O)Nc1nc2ccc(S(=O)c3ccccc3)cc2[nH]1.N#Cc1ccc(C(c2ccc(C#N)cc2)n2cncn2)cc1. The number of nitrogens with zero attached hydrogens (tertiary/aromatic N) is 8. The van der Waals surface area contributed by atoms with Crippen molar-refractivity contribution in [2.75, 3.05) is 60.7 Å². The quantitative estimate of drug-likeness (QED) is 0.0176. The molecule has 0 bridgehead atoms. The van der Waals surface area contributed by atoms with E-state index in [1.165, 1.54) is 27.5 Å². The highest BCUT2D eigenvalue weighted by molar-refractivity contribution is 7.85. The van der Waals surface area contributed by atoms with E-state index < -0.39 is 119 Å². The molecular formula is C73H100N10O18S. The van der Waals surface area contributed by atoms with E-state index in [1.807, 2.05) is 87.4 Å². The highest BCUT2D eigenvalue weighted by Crippen LogP contribution is 2.42. The lowest BCUT2D eigenvalue weighted by molar-refractivity contribution is -0.317. The second kappa shape index (κ2) is 37.1. The minimum atomic E-state index is -1.97. The van der Waals surface area contributed by atoms with Crippen LogP contribution >= 0.6 is 0 Å². The number of aliphatic hydroxyl groups is 5. The van der Waals surface area contributed by atoms with Gasteiger partial charge in [-0.1, -0.05) is 75.3 Å². The summed E-state index contributed by atoms with van der Waals surface area (Å²) in [5.74, 6) is -3.86. The number of nitrogens with one attached hydrogen (secondary N) is 2. The maximum Gasteiger partial charge on any atom is 0.413 e. The van der Waals surface area contributed by atoms with Crippen LogP contribution in [0.2, 0.25) is 0 Å². The molecule has 1 unspecified atom stereocenters. The number of fused-ring (bicyclic) bond motifs is 1. The molecule has 556 valence electrons. The van der Waals surface area contributed by atoms with Gasteiger partial charge in [-0.2, -0.15) is 15.6 Å². The summed E-state index contributed by atoms with van der Waals surface area (Å²) in [7, 11) is 6.77. The van der Waals surface area contributed by atoms with E-state index in [0.29, 0.717) is 45.8 Å². The maximum atomic E-state index is 14.3. The van der Waals surface area contributed by atoms with Gasteiger partial charge < -0.3 is 82.9 Å². The molecular weight excluding hydrogens is 1340 g/mol. The standard InChI is InChI=1S/C41H76N2O15.C17H11N5.C15H13N3O3S/c1-15-29-41(10,49)34(45)24(4)31(42-53-21-52-17-16-50-13)22(2)19-39(8,48)36(58-38-32(44)28(43(11)12)18-23(3)54-38)25(5)33(26(6)37(47)56-29)57-30-20-40(9,51-14)35(46)27(7)55-30;18-9-13-1-5-15(6-2-13)17(22-12-20-11-21-22)16-7-3-14(10-19)4-8-16;1-21-15(19)18-14-16-12-8-7-11(9-13(12)17-14)22(20)10-5-3-2-4-6-10/h22-30,32-36,38,44-46,48-49H,15-21H2,1-14H3;1-8,11-12,17H;2-9H,1H3,(H2,16,17,18,19)/b42-31+;;/t22-,23-,24+,25+,26-,27+,28+,29-,30+,32-,33+,34-,35+,36-,38+,39-,40-,41-;;/m1../s1. The van der Waals surface area contributed by atoms with Crippen LogP contribution in [0.25, 0.3) is 11.0 Å². The Labute approximate surface area is 598 Å². The number of aliphatic hydroxyl groups excluding tert-OH is 3. The largest absolute Gasteiger partial charge is 0.459 e. The number of carbonyl (C=O) groups excluding carboxylic acids is 2. The molecule has 5 heterocycles. The van der Waals surface area contributed by atoms with Crippen LogP contribution in [0.3, 0.4) is 0 Å². The minimum Gasteiger partial charge on any atom is -0.459 e. The summed E-state index contributed by atoms with van der Waals surface area (Å²) in [4.78, 5) is 45.5. The molecule has 0 spiro atoms. The first-order valence-electron chi connectivity index (χ1n) is 33.9. The van der Waals surface area contributed by atoms with Crippen LogP contribution in [-0.4, -0.2) is 217 Å². The van der Waals surface area contributed by atoms with Gasteiger partial charge in [0.05, 0.1) is 119 Å². The zero-order valence-corrected chi connectivity index (χ0v) is 61.4. The number of anilines is 1. The predicted octanol–water partition coefficient (Wildman–Crippen LogP) is 7.78. The Hall–Kier alpha value is -7.69. The lowest BCUT2D eigenvalue weighted by Crippen LogP contribution is -2.61. The average molecular weight is 1440 g/mol. The third-order valence-corrected chi connectivity index (χ3v) is 20.4. The van der Waals surface area contributed by atoms with Crippen LogP contribution in [0.15, 0.2) is 125 Å². The molecule has 3 aliphatic heterocycles.